The second-order valence-corrected chi connectivity index (χ2v) is 4.92. The molecule has 0 saturated carbocycles. The summed E-state index contributed by atoms with van der Waals surface area (Å²) in [6.45, 7) is 9.28. The molecule has 0 unspecified atom stereocenters. The molecule has 2 rings (SSSR count). The summed E-state index contributed by atoms with van der Waals surface area (Å²) >= 11 is 0. The summed E-state index contributed by atoms with van der Waals surface area (Å²) in [5.74, 6) is 1.78. The van der Waals surface area contributed by atoms with E-state index in [0.29, 0.717) is 0 Å². The van der Waals surface area contributed by atoms with Crippen LogP contribution < -0.4 is 5.32 Å². The van der Waals surface area contributed by atoms with Crippen molar-refractivity contribution in [3.05, 3.63) is 18.1 Å². The van der Waals surface area contributed by atoms with Gasteiger partial charge in [0.05, 0.1) is 5.39 Å². The number of hydrogen-bond acceptors (Lipinski definition) is 3. The topological polar surface area (TPSA) is 53.6 Å². The standard InChI is InChI=1S/C12H18N4/c1-5-13-9-8-6-7-14-10(8)16-11(15-9)12(2,3)4/h6-7H,5H2,1-4H3,(H2,13,14,15,16). The Balaban J connectivity index is 2.61. The highest BCUT2D eigenvalue weighted by Crippen LogP contribution is 2.25. The van der Waals surface area contributed by atoms with Crippen LogP contribution in [0, 0.1) is 0 Å². The van der Waals surface area contributed by atoms with Gasteiger partial charge in [-0.15, -0.1) is 0 Å². The van der Waals surface area contributed by atoms with Crippen LogP contribution in [0.25, 0.3) is 11.0 Å². The van der Waals surface area contributed by atoms with E-state index >= 15 is 0 Å². The lowest BCUT2D eigenvalue weighted by Crippen LogP contribution is -2.17. The fourth-order valence-electron chi connectivity index (χ4n) is 1.58. The van der Waals surface area contributed by atoms with Gasteiger partial charge in [0.15, 0.2) is 0 Å². The van der Waals surface area contributed by atoms with E-state index in [4.69, 9.17) is 0 Å². The quantitative estimate of drug-likeness (QED) is 0.814. The molecule has 4 heteroatoms. The number of hydrogen-bond donors (Lipinski definition) is 2. The lowest BCUT2D eigenvalue weighted by molar-refractivity contribution is 0.548. The molecule has 4 nitrogen and oxygen atoms in total. The zero-order chi connectivity index (χ0) is 11.8. The van der Waals surface area contributed by atoms with E-state index in [0.717, 1.165) is 29.2 Å². The normalized spacial score (nSPS) is 12.0. The maximum atomic E-state index is 4.59. The van der Waals surface area contributed by atoms with Crippen LogP contribution >= 0.6 is 0 Å². The van der Waals surface area contributed by atoms with Crippen LogP contribution in [-0.4, -0.2) is 21.5 Å². The van der Waals surface area contributed by atoms with Crippen molar-refractivity contribution in [3.63, 3.8) is 0 Å². The first kappa shape index (κ1) is 10.9. The van der Waals surface area contributed by atoms with Gasteiger partial charge >= 0.3 is 0 Å². The van der Waals surface area contributed by atoms with Gasteiger partial charge in [0.25, 0.3) is 0 Å². The second-order valence-electron chi connectivity index (χ2n) is 4.92. The molecule has 0 saturated heterocycles. The first-order valence-corrected chi connectivity index (χ1v) is 5.62. The van der Waals surface area contributed by atoms with Gasteiger partial charge in [0.1, 0.15) is 17.3 Å². The van der Waals surface area contributed by atoms with Crippen molar-refractivity contribution in [3.8, 4) is 0 Å². The third kappa shape index (κ3) is 1.87. The molecule has 0 radical (unpaired) electrons. The number of rotatable bonds is 2. The van der Waals surface area contributed by atoms with Crippen molar-refractivity contribution in [2.24, 2.45) is 0 Å². The molecule has 2 N–H and O–H groups in total. The average Bonchev–Trinajstić information content (AvgIpc) is 2.64. The Morgan fingerprint density at radius 1 is 1.31 bits per heavy atom. The smallest absolute Gasteiger partial charge is 0.143 e. The summed E-state index contributed by atoms with van der Waals surface area (Å²) in [6, 6.07) is 2.00. The molecule has 0 atom stereocenters. The number of nitrogens with one attached hydrogen (secondary N) is 2. The van der Waals surface area contributed by atoms with Crippen LogP contribution in [0.3, 0.4) is 0 Å². The predicted octanol–water partition coefficient (Wildman–Crippen LogP) is 2.69. The van der Waals surface area contributed by atoms with E-state index in [1.807, 2.05) is 12.3 Å². The average molecular weight is 218 g/mol. The first-order chi connectivity index (χ1) is 7.52. The molecular weight excluding hydrogens is 200 g/mol. The molecule has 0 aliphatic heterocycles. The highest BCUT2D eigenvalue weighted by molar-refractivity contribution is 5.87. The van der Waals surface area contributed by atoms with Gasteiger partial charge in [0, 0.05) is 18.2 Å². The van der Waals surface area contributed by atoms with Gasteiger partial charge in [-0.05, 0) is 13.0 Å². The Morgan fingerprint density at radius 3 is 2.69 bits per heavy atom. The molecular formula is C12H18N4. The van der Waals surface area contributed by atoms with Crippen LogP contribution in [0.2, 0.25) is 0 Å². The number of nitrogens with zero attached hydrogens (tertiary/aromatic N) is 2. The summed E-state index contributed by atoms with van der Waals surface area (Å²) < 4.78 is 0. The minimum absolute atomic E-state index is 0.0382. The number of fused-ring (bicyclic) bond motifs is 1. The highest BCUT2D eigenvalue weighted by Gasteiger charge is 2.19. The Labute approximate surface area is 95.5 Å². The van der Waals surface area contributed by atoms with Crippen LogP contribution in [0.1, 0.15) is 33.5 Å². The number of aromatic amines is 1. The fourth-order valence-corrected chi connectivity index (χ4v) is 1.58. The Hall–Kier alpha value is -1.58. The minimum Gasteiger partial charge on any atom is -0.370 e. The SMILES string of the molecule is CCNc1nc(C(C)(C)C)nc2[nH]ccc12. The van der Waals surface area contributed by atoms with Gasteiger partial charge in [-0.1, -0.05) is 20.8 Å². The first-order valence-electron chi connectivity index (χ1n) is 5.62. The molecule has 0 amide bonds. The zero-order valence-electron chi connectivity index (χ0n) is 10.3. The summed E-state index contributed by atoms with van der Waals surface area (Å²) in [4.78, 5) is 12.3. The molecule has 86 valence electrons. The van der Waals surface area contributed by atoms with Crippen LogP contribution in [0.4, 0.5) is 5.82 Å². The van der Waals surface area contributed by atoms with Gasteiger partial charge in [-0.3, -0.25) is 0 Å². The maximum absolute atomic E-state index is 4.59. The zero-order valence-corrected chi connectivity index (χ0v) is 10.3. The van der Waals surface area contributed by atoms with Crippen molar-refractivity contribution >= 4 is 16.9 Å². The second kappa shape index (κ2) is 3.77. The lowest BCUT2D eigenvalue weighted by Gasteiger charge is -2.17. The van der Waals surface area contributed by atoms with Crippen LogP contribution in [-0.2, 0) is 5.41 Å². The monoisotopic (exact) mass is 218 g/mol. The molecule has 0 aliphatic rings. The molecule has 16 heavy (non-hydrogen) atoms. The number of aromatic nitrogens is 3. The van der Waals surface area contributed by atoms with E-state index in [-0.39, 0.29) is 5.41 Å². The predicted molar refractivity (Wildman–Crippen MR) is 66.8 cm³/mol. The van der Waals surface area contributed by atoms with E-state index < -0.39 is 0 Å². The lowest BCUT2D eigenvalue weighted by atomic mass is 9.95. The Kier molecular flexibility index (Phi) is 2.58. The minimum atomic E-state index is -0.0382. The molecule has 2 aromatic heterocycles. The highest BCUT2D eigenvalue weighted by atomic mass is 15.1. The number of anilines is 1. The molecule has 2 heterocycles. The van der Waals surface area contributed by atoms with Crippen LogP contribution in [0.5, 0.6) is 0 Å². The summed E-state index contributed by atoms with van der Waals surface area (Å²) in [7, 11) is 0. The number of H-pyrrole nitrogens is 1. The Bertz CT molecular complexity index is 493. The Morgan fingerprint density at radius 2 is 2.06 bits per heavy atom. The van der Waals surface area contributed by atoms with E-state index in [1.54, 1.807) is 0 Å². The summed E-state index contributed by atoms with van der Waals surface area (Å²) in [6.07, 6.45) is 1.90. The largest absolute Gasteiger partial charge is 0.370 e. The maximum Gasteiger partial charge on any atom is 0.143 e. The fraction of sp³-hybridized carbons (Fsp3) is 0.500. The van der Waals surface area contributed by atoms with Gasteiger partial charge in [0.2, 0.25) is 0 Å². The summed E-state index contributed by atoms with van der Waals surface area (Å²) in [5, 5.41) is 4.33. The molecule has 2 aromatic rings. The van der Waals surface area contributed by atoms with Gasteiger partial charge in [-0.25, -0.2) is 9.97 Å². The van der Waals surface area contributed by atoms with E-state index in [9.17, 15) is 0 Å². The molecule has 0 bridgehead atoms. The van der Waals surface area contributed by atoms with Gasteiger partial charge < -0.3 is 10.3 Å². The molecule has 0 spiro atoms. The van der Waals surface area contributed by atoms with Crippen molar-refractivity contribution < 1.29 is 0 Å². The third-order valence-corrected chi connectivity index (χ3v) is 2.43. The van der Waals surface area contributed by atoms with Crippen molar-refractivity contribution in [2.45, 2.75) is 33.1 Å². The molecule has 0 fully saturated rings. The van der Waals surface area contributed by atoms with Crippen molar-refractivity contribution in [1.82, 2.24) is 15.0 Å². The third-order valence-electron chi connectivity index (χ3n) is 2.43. The summed E-state index contributed by atoms with van der Waals surface area (Å²) in [5.41, 5.74) is 0.861. The van der Waals surface area contributed by atoms with Crippen molar-refractivity contribution in [1.29, 1.82) is 0 Å². The van der Waals surface area contributed by atoms with Crippen LogP contribution in [0.15, 0.2) is 12.3 Å². The van der Waals surface area contributed by atoms with Gasteiger partial charge in [-0.2, -0.15) is 0 Å². The molecule has 0 aromatic carbocycles. The van der Waals surface area contributed by atoms with E-state index in [1.165, 1.54) is 0 Å². The molecule has 0 aliphatic carbocycles. The van der Waals surface area contributed by atoms with Crippen molar-refractivity contribution in [2.75, 3.05) is 11.9 Å². The van der Waals surface area contributed by atoms with E-state index in [2.05, 4.69) is 48.0 Å².